The van der Waals surface area contributed by atoms with E-state index in [4.69, 9.17) is 0 Å². The van der Waals surface area contributed by atoms with Crippen LogP contribution in [0.15, 0.2) is 60.7 Å². The van der Waals surface area contributed by atoms with Gasteiger partial charge in [-0.25, -0.2) is 5.43 Å². The Labute approximate surface area is 128 Å². The Morgan fingerprint density at radius 1 is 1.00 bits per heavy atom. The van der Waals surface area contributed by atoms with Crippen molar-refractivity contribution >= 4 is 17.2 Å². The first-order valence-corrected chi connectivity index (χ1v) is 7.65. The Kier molecular flexibility index (Phi) is 4.28. The highest BCUT2D eigenvalue weighted by Crippen LogP contribution is 2.24. The number of benzene rings is 2. The summed E-state index contributed by atoms with van der Waals surface area (Å²) in [5, 5.41) is 0. The summed E-state index contributed by atoms with van der Waals surface area (Å²) in [7, 11) is 0. The molecule has 0 aliphatic carbocycles. The van der Waals surface area contributed by atoms with Crippen molar-refractivity contribution in [2.24, 2.45) is 0 Å². The van der Waals surface area contributed by atoms with Crippen molar-refractivity contribution in [3.8, 4) is 10.4 Å². The van der Waals surface area contributed by atoms with Crippen molar-refractivity contribution in [2.45, 2.75) is 13.5 Å². The zero-order chi connectivity index (χ0) is 14.5. The number of nitrogens with zero attached hydrogens (tertiary/aromatic N) is 1. The predicted molar refractivity (Wildman–Crippen MR) is 89.2 cm³/mol. The number of anilines is 1. The molecule has 0 fully saturated rings. The second-order valence-corrected chi connectivity index (χ2v) is 5.68. The zero-order valence-electron chi connectivity index (χ0n) is 11.8. The average molecular weight is 295 g/mol. The molecule has 0 amide bonds. The van der Waals surface area contributed by atoms with Crippen molar-refractivity contribution in [3.63, 3.8) is 0 Å². The van der Waals surface area contributed by atoms with Gasteiger partial charge in [-0.3, -0.25) is 0 Å². The molecule has 0 aliphatic rings. The number of hydrogen-bond acceptors (Lipinski definition) is 4. The van der Waals surface area contributed by atoms with E-state index in [9.17, 15) is 0 Å². The van der Waals surface area contributed by atoms with E-state index >= 15 is 0 Å². The van der Waals surface area contributed by atoms with Crippen LogP contribution in [0.5, 0.6) is 0 Å². The molecular weight excluding hydrogens is 278 g/mol. The largest absolute Gasteiger partial charge is 0.321 e. The summed E-state index contributed by atoms with van der Waals surface area (Å²) in [6, 6.07) is 20.8. The molecule has 4 heteroatoms. The van der Waals surface area contributed by atoms with Crippen LogP contribution in [0.25, 0.3) is 10.4 Å². The molecule has 1 heterocycles. The van der Waals surface area contributed by atoms with E-state index in [2.05, 4.69) is 45.6 Å². The van der Waals surface area contributed by atoms with Crippen LogP contribution in [0.3, 0.4) is 0 Å². The van der Waals surface area contributed by atoms with E-state index in [1.165, 1.54) is 16.0 Å². The fourth-order valence-corrected chi connectivity index (χ4v) is 2.82. The van der Waals surface area contributed by atoms with E-state index in [0.29, 0.717) is 0 Å². The van der Waals surface area contributed by atoms with Crippen molar-refractivity contribution in [1.29, 1.82) is 0 Å². The van der Waals surface area contributed by atoms with E-state index in [1.54, 1.807) is 11.5 Å². The van der Waals surface area contributed by atoms with E-state index < -0.39 is 0 Å². The molecule has 0 bridgehead atoms. The van der Waals surface area contributed by atoms with Crippen molar-refractivity contribution in [2.75, 3.05) is 5.43 Å². The van der Waals surface area contributed by atoms with Crippen LogP contribution in [0.1, 0.15) is 11.3 Å². The fraction of sp³-hybridized carbons (Fsp3) is 0.118. The zero-order valence-corrected chi connectivity index (χ0v) is 12.7. The molecule has 0 saturated carbocycles. The van der Waals surface area contributed by atoms with Gasteiger partial charge in [-0.15, -0.1) is 0 Å². The molecule has 0 unspecified atom stereocenters. The monoisotopic (exact) mass is 295 g/mol. The van der Waals surface area contributed by atoms with Crippen molar-refractivity contribution in [1.82, 2.24) is 9.80 Å². The first-order valence-electron chi connectivity index (χ1n) is 6.88. The molecule has 0 radical (unpaired) electrons. The summed E-state index contributed by atoms with van der Waals surface area (Å²) in [6.07, 6.45) is 0. The first kappa shape index (κ1) is 13.8. The lowest BCUT2D eigenvalue weighted by molar-refractivity contribution is 0.801. The van der Waals surface area contributed by atoms with E-state index in [0.717, 1.165) is 17.9 Å². The van der Waals surface area contributed by atoms with Gasteiger partial charge in [0.1, 0.15) is 0 Å². The van der Waals surface area contributed by atoms with Crippen LogP contribution in [0.2, 0.25) is 0 Å². The van der Waals surface area contributed by atoms with Gasteiger partial charge >= 0.3 is 0 Å². The van der Waals surface area contributed by atoms with Crippen LogP contribution in [0, 0.1) is 6.92 Å². The second kappa shape index (κ2) is 6.52. The van der Waals surface area contributed by atoms with Crippen molar-refractivity contribution < 1.29 is 0 Å². The van der Waals surface area contributed by atoms with Crippen LogP contribution < -0.4 is 10.9 Å². The van der Waals surface area contributed by atoms with Gasteiger partial charge in [-0.05, 0) is 47.8 Å². The summed E-state index contributed by atoms with van der Waals surface area (Å²) < 4.78 is 4.32. The van der Waals surface area contributed by atoms with Gasteiger partial charge in [0.25, 0.3) is 0 Å². The Morgan fingerprint density at radius 2 is 1.76 bits per heavy atom. The van der Waals surface area contributed by atoms with Gasteiger partial charge in [0.2, 0.25) is 0 Å². The van der Waals surface area contributed by atoms with Gasteiger partial charge in [0.15, 0.2) is 0 Å². The molecule has 0 saturated heterocycles. The standard InChI is InChI=1S/C17H17N3S/c1-13-11-17(21-20-13)15-9-7-14(8-10-15)12-18-19-16-5-3-2-4-6-16/h2-11,18-19H,12H2,1H3. The highest BCUT2D eigenvalue weighted by atomic mass is 32.1. The molecule has 0 aliphatic heterocycles. The van der Waals surface area contributed by atoms with Crippen LogP contribution in [-0.2, 0) is 6.54 Å². The Hall–Kier alpha value is -2.17. The Bertz CT molecular complexity index is 690. The predicted octanol–water partition coefficient (Wildman–Crippen LogP) is 4.24. The second-order valence-electron chi connectivity index (χ2n) is 4.87. The third kappa shape index (κ3) is 3.68. The molecule has 3 rings (SSSR count). The summed E-state index contributed by atoms with van der Waals surface area (Å²) in [4.78, 5) is 1.22. The van der Waals surface area contributed by atoms with Crippen molar-refractivity contribution in [3.05, 3.63) is 71.9 Å². The number of para-hydroxylation sites is 1. The maximum absolute atomic E-state index is 4.32. The third-order valence-corrected chi connectivity index (χ3v) is 4.09. The quantitative estimate of drug-likeness (QED) is 0.691. The van der Waals surface area contributed by atoms with Crippen LogP contribution in [0.4, 0.5) is 5.69 Å². The molecule has 1 aromatic heterocycles. The Balaban J connectivity index is 1.57. The summed E-state index contributed by atoms with van der Waals surface area (Å²) in [5.41, 5.74) is 11.0. The number of nitrogens with one attached hydrogen (secondary N) is 2. The highest BCUT2D eigenvalue weighted by molar-refractivity contribution is 7.09. The third-order valence-electron chi connectivity index (χ3n) is 3.17. The van der Waals surface area contributed by atoms with Gasteiger partial charge in [0, 0.05) is 12.2 Å². The molecule has 3 nitrogen and oxygen atoms in total. The lowest BCUT2D eigenvalue weighted by atomic mass is 10.1. The van der Waals surface area contributed by atoms with Gasteiger partial charge < -0.3 is 5.43 Å². The smallest absolute Gasteiger partial charge is 0.0552 e. The normalized spacial score (nSPS) is 10.5. The molecule has 21 heavy (non-hydrogen) atoms. The molecule has 2 N–H and O–H groups in total. The topological polar surface area (TPSA) is 37.0 Å². The maximum Gasteiger partial charge on any atom is 0.0552 e. The summed E-state index contributed by atoms with van der Waals surface area (Å²) in [5.74, 6) is 0. The van der Waals surface area contributed by atoms with E-state index in [-0.39, 0.29) is 0 Å². The minimum atomic E-state index is 0.775. The van der Waals surface area contributed by atoms with E-state index in [1.807, 2.05) is 37.3 Å². The number of aromatic nitrogens is 1. The number of hydrazine groups is 1. The highest BCUT2D eigenvalue weighted by Gasteiger charge is 2.01. The van der Waals surface area contributed by atoms with Gasteiger partial charge in [-0.2, -0.15) is 4.37 Å². The van der Waals surface area contributed by atoms with Crippen LogP contribution >= 0.6 is 11.5 Å². The molecule has 0 spiro atoms. The number of aryl methyl sites for hydroxylation is 1. The van der Waals surface area contributed by atoms with Crippen LogP contribution in [-0.4, -0.2) is 4.37 Å². The number of hydrogen-bond donors (Lipinski definition) is 2. The molecular formula is C17H17N3S. The summed E-state index contributed by atoms with van der Waals surface area (Å²) >= 11 is 1.55. The first-order chi connectivity index (χ1) is 10.3. The molecule has 2 aromatic carbocycles. The lowest BCUT2D eigenvalue weighted by Crippen LogP contribution is -2.20. The van der Waals surface area contributed by atoms with Gasteiger partial charge in [-0.1, -0.05) is 42.5 Å². The lowest BCUT2D eigenvalue weighted by Gasteiger charge is -2.08. The summed E-state index contributed by atoms with van der Waals surface area (Å²) in [6.45, 7) is 2.80. The molecule has 3 aromatic rings. The minimum absolute atomic E-state index is 0.775. The fourth-order valence-electron chi connectivity index (χ4n) is 2.06. The molecule has 106 valence electrons. The average Bonchev–Trinajstić information content (AvgIpc) is 2.96. The number of rotatable bonds is 5. The molecule has 0 atom stereocenters. The Morgan fingerprint density at radius 3 is 2.43 bits per heavy atom. The minimum Gasteiger partial charge on any atom is -0.321 e. The SMILES string of the molecule is Cc1cc(-c2ccc(CNNc3ccccc3)cc2)sn1. The van der Waals surface area contributed by atoms with Gasteiger partial charge in [0.05, 0.1) is 10.6 Å². The maximum atomic E-state index is 4.32.